The lowest BCUT2D eigenvalue weighted by Gasteiger charge is -2.26. The molecule has 18 heavy (non-hydrogen) atoms. The summed E-state index contributed by atoms with van der Waals surface area (Å²) in [5.74, 6) is 0.697. The van der Waals surface area contributed by atoms with Gasteiger partial charge < -0.3 is 5.73 Å². The molecule has 1 saturated carbocycles. The maximum absolute atomic E-state index is 12.6. The van der Waals surface area contributed by atoms with Crippen LogP contribution in [0.4, 0.5) is 0 Å². The number of hydrogen-bond donors (Lipinski definition) is 1. The molecule has 0 spiro atoms. The molecule has 2 N–H and O–H groups in total. The Morgan fingerprint density at radius 1 is 1.22 bits per heavy atom. The second-order valence-corrected chi connectivity index (χ2v) is 5.65. The average molecular weight is 244 g/mol. The molecule has 0 amide bonds. The molecule has 0 saturated heterocycles. The summed E-state index contributed by atoms with van der Waals surface area (Å²) < 4.78 is 0. The Labute approximate surface area is 108 Å². The van der Waals surface area contributed by atoms with Crippen molar-refractivity contribution in [1.82, 2.24) is 4.98 Å². The fourth-order valence-electron chi connectivity index (χ4n) is 3.38. The van der Waals surface area contributed by atoms with Crippen LogP contribution in [0.5, 0.6) is 0 Å². The molecule has 1 heterocycles. The maximum Gasteiger partial charge on any atom is 0.145 e. The third kappa shape index (κ3) is 2.07. The first-order chi connectivity index (χ1) is 8.75. The van der Waals surface area contributed by atoms with Crippen LogP contribution in [0, 0.1) is 5.92 Å². The van der Waals surface area contributed by atoms with E-state index in [1.54, 1.807) is 6.20 Å². The Bertz CT molecular complexity index is 450. The van der Waals surface area contributed by atoms with Gasteiger partial charge >= 0.3 is 0 Å². The normalized spacial score (nSPS) is 31.1. The second kappa shape index (κ2) is 4.81. The molecule has 3 heteroatoms. The number of rotatable bonds is 2. The maximum atomic E-state index is 12.6. The fraction of sp³-hybridized carbons (Fsp3) is 0.600. The number of aryl methyl sites for hydroxylation is 1. The molecule has 1 fully saturated rings. The van der Waals surface area contributed by atoms with Gasteiger partial charge in [0.25, 0.3) is 0 Å². The van der Waals surface area contributed by atoms with Crippen molar-refractivity contribution < 1.29 is 4.79 Å². The molecule has 0 aliphatic heterocycles. The van der Waals surface area contributed by atoms with Crippen LogP contribution < -0.4 is 5.73 Å². The third-order valence-electron chi connectivity index (χ3n) is 4.48. The monoisotopic (exact) mass is 244 g/mol. The van der Waals surface area contributed by atoms with Crippen molar-refractivity contribution in [3.8, 4) is 0 Å². The van der Waals surface area contributed by atoms with E-state index in [2.05, 4.69) is 11.1 Å². The summed E-state index contributed by atoms with van der Waals surface area (Å²) >= 11 is 0. The molecule has 0 radical (unpaired) electrons. The molecular formula is C15H20N2O. The van der Waals surface area contributed by atoms with Gasteiger partial charge in [-0.3, -0.25) is 9.78 Å². The topological polar surface area (TPSA) is 56.0 Å². The van der Waals surface area contributed by atoms with Crippen LogP contribution in [0.25, 0.3) is 0 Å². The lowest BCUT2D eigenvalue weighted by Crippen LogP contribution is -2.31. The SMILES string of the molecule is NC1CCC(C(=O)C2CCc3cccnc32)CC1. The van der Waals surface area contributed by atoms with Gasteiger partial charge in [0, 0.05) is 18.2 Å². The summed E-state index contributed by atoms with van der Waals surface area (Å²) in [7, 11) is 0. The first-order valence-electron chi connectivity index (χ1n) is 6.99. The van der Waals surface area contributed by atoms with E-state index in [4.69, 9.17) is 5.73 Å². The molecule has 2 aliphatic rings. The highest BCUT2D eigenvalue weighted by molar-refractivity contribution is 5.88. The fourth-order valence-corrected chi connectivity index (χ4v) is 3.38. The van der Waals surface area contributed by atoms with Gasteiger partial charge in [-0.15, -0.1) is 0 Å². The van der Waals surface area contributed by atoms with Crippen LogP contribution in [0.15, 0.2) is 18.3 Å². The highest BCUT2D eigenvalue weighted by Crippen LogP contribution is 2.36. The summed E-state index contributed by atoms with van der Waals surface area (Å²) in [6.45, 7) is 0. The zero-order valence-corrected chi connectivity index (χ0v) is 10.6. The predicted molar refractivity (Wildman–Crippen MR) is 70.2 cm³/mol. The number of hydrogen-bond acceptors (Lipinski definition) is 3. The zero-order chi connectivity index (χ0) is 12.5. The van der Waals surface area contributed by atoms with Crippen LogP contribution in [0.2, 0.25) is 0 Å². The number of fused-ring (bicyclic) bond motifs is 1. The Hall–Kier alpha value is -1.22. The van der Waals surface area contributed by atoms with Crippen LogP contribution in [-0.2, 0) is 11.2 Å². The minimum Gasteiger partial charge on any atom is -0.328 e. The summed E-state index contributed by atoms with van der Waals surface area (Å²) in [6.07, 6.45) is 7.70. The van der Waals surface area contributed by atoms with Crippen molar-refractivity contribution in [2.75, 3.05) is 0 Å². The zero-order valence-electron chi connectivity index (χ0n) is 10.6. The lowest BCUT2D eigenvalue weighted by molar-refractivity contribution is -0.125. The van der Waals surface area contributed by atoms with Gasteiger partial charge in [0.15, 0.2) is 0 Å². The molecular weight excluding hydrogens is 224 g/mol. The van der Waals surface area contributed by atoms with Gasteiger partial charge in [0.05, 0.1) is 11.6 Å². The number of Topliss-reactive ketones (excluding diaryl/α,β-unsaturated/α-hetero) is 1. The number of carbonyl (C=O) groups excluding carboxylic acids is 1. The molecule has 1 aromatic rings. The Morgan fingerprint density at radius 2 is 2.00 bits per heavy atom. The van der Waals surface area contributed by atoms with Gasteiger partial charge in [0.2, 0.25) is 0 Å². The summed E-state index contributed by atoms with van der Waals surface area (Å²) in [5, 5.41) is 0. The standard InChI is InChI=1S/C15H20N2O/c16-12-6-3-11(4-7-12)15(18)13-8-5-10-2-1-9-17-14(10)13/h1-2,9,11-13H,3-8,16H2. The minimum atomic E-state index is 0.0560. The highest BCUT2D eigenvalue weighted by Gasteiger charge is 2.35. The molecule has 1 aromatic heterocycles. The van der Waals surface area contributed by atoms with E-state index in [1.807, 2.05) is 6.07 Å². The summed E-state index contributed by atoms with van der Waals surface area (Å²) in [4.78, 5) is 17.0. The molecule has 2 aliphatic carbocycles. The number of nitrogens with zero attached hydrogens (tertiary/aromatic N) is 1. The van der Waals surface area contributed by atoms with Crippen molar-refractivity contribution in [2.24, 2.45) is 11.7 Å². The number of ketones is 1. The van der Waals surface area contributed by atoms with Crippen molar-refractivity contribution >= 4 is 5.78 Å². The van der Waals surface area contributed by atoms with E-state index in [0.717, 1.165) is 44.2 Å². The molecule has 0 bridgehead atoms. The smallest absolute Gasteiger partial charge is 0.145 e. The van der Waals surface area contributed by atoms with Gasteiger partial charge in [-0.2, -0.15) is 0 Å². The van der Waals surface area contributed by atoms with E-state index in [0.29, 0.717) is 11.8 Å². The van der Waals surface area contributed by atoms with E-state index >= 15 is 0 Å². The number of nitrogens with two attached hydrogens (primary N) is 1. The summed E-state index contributed by atoms with van der Waals surface area (Å²) in [6, 6.07) is 4.38. The summed E-state index contributed by atoms with van der Waals surface area (Å²) in [5.41, 5.74) is 8.21. The van der Waals surface area contributed by atoms with Gasteiger partial charge in [0.1, 0.15) is 5.78 Å². The van der Waals surface area contributed by atoms with Crippen molar-refractivity contribution in [3.05, 3.63) is 29.6 Å². The van der Waals surface area contributed by atoms with Crippen molar-refractivity contribution in [3.63, 3.8) is 0 Å². The minimum absolute atomic E-state index is 0.0560. The van der Waals surface area contributed by atoms with Gasteiger partial charge in [-0.25, -0.2) is 0 Å². The van der Waals surface area contributed by atoms with Crippen LogP contribution in [-0.4, -0.2) is 16.8 Å². The predicted octanol–water partition coefficient (Wildman–Crippen LogP) is 2.20. The number of aromatic nitrogens is 1. The molecule has 3 nitrogen and oxygen atoms in total. The van der Waals surface area contributed by atoms with Crippen LogP contribution in [0.3, 0.4) is 0 Å². The average Bonchev–Trinajstić information content (AvgIpc) is 2.82. The van der Waals surface area contributed by atoms with Crippen LogP contribution >= 0.6 is 0 Å². The highest BCUT2D eigenvalue weighted by atomic mass is 16.1. The van der Waals surface area contributed by atoms with Crippen molar-refractivity contribution in [1.29, 1.82) is 0 Å². The van der Waals surface area contributed by atoms with E-state index in [1.165, 1.54) is 5.56 Å². The first kappa shape index (κ1) is 11.8. The van der Waals surface area contributed by atoms with E-state index in [9.17, 15) is 4.79 Å². The first-order valence-corrected chi connectivity index (χ1v) is 6.99. The largest absolute Gasteiger partial charge is 0.328 e. The third-order valence-corrected chi connectivity index (χ3v) is 4.48. The molecule has 96 valence electrons. The van der Waals surface area contributed by atoms with E-state index in [-0.39, 0.29) is 11.8 Å². The molecule has 0 aromatic carbocycles. The number of carbonyl (C=O) groups is 1. The van der Waals surface area contributed by atoms with E-state index < -0.39 is 0 Å². The second-order valence-electron chi connectivity index (χ2n) is 5.65. The molecule has 1 unspecified atom stereocenters. The quantitative estimate of drug-likeness (QED) is 0.867. The Kier molecular flexibility index (Phi) is 3.16. The van der Waals surface area contributed by atoms with Crippen LogP contribution in [0.1, 0.15) is 49.3 Å². The molecule has 1 atom stereocenters. The van der Waals surface area contributed by atoms with Crippen molar-refractivity contribution in [2.45, 2.75) is 50.5 Å². The van der Waals surface area contributed by atoms with Gasteiger partial charge in [-0.1, -0.05) is 6.07 Å². The number of pyridine rings is 1. The lowest BCUT2D eigenvalue weighted by atomic mass is 9.79. The molecule has 3 rings (SSSR count). The Balaban J connectivity index is 1.74. The van der Waals surface area contributed by atoms with Gasteiger partial charge in [-0.05, 0) is 50.2 Å². The Morgan fingerprint density at radius 3 is 2.78 bits per heavy atom.